The summed E-state index contributed by atoms with van der Waals surface area (Å²) in [6.45, 7) is 0.590. The Morgan fingerprint density at radius 2 is 2.04 bits per heavy atom. The molecule has 2 rings (SSSR count). The van der Waals surface area contributed by atoms with Crippen LogP contribution in [0.5, 0.6) is 5.75 Å². The van der Waals surface area contributed by atoms with Gasteiger partial charge in [0.05, 0.1) is 39.4 Å². The Kier molecular flexibility index (Phi) is 6.16. The smallest absolute Gasteiger partial charge is 0.354 e. The van der Waals surface area contributed by atoms with Crippen molar-refractivity contribution in [2.24, 2.45) is 0 Å². The molecule has 0 aliphatic carbocycles. The van der Waals surface area contributed by atoms with Crippen molar-refractivity contribution in [2.75, 3.05) is 26.6 Å². The molecule has 8 heteroatoms. The molecule has 1 heterocycles. The predicted octanol–water partition coefficient (Wildman–Crippen LogP) is 1.58. The van der Waals surface area contributed by atoms with Gasteiger partial charge in [-0.05, 0) is 17.7 Å². The van der Waals surface area contributed by atoms with E-state index >= 15 is 0 Å². The molecule has 1 aromatic carbocycles. The molecular formula is C17H19N3O5. The van der Waals surface area contributed by atoms with E-state index < -0.39 is 11.9 Å². The lowest BCUT2D eigenvalue weighted by atomic mass is 10.1. The van der Waals surface area contributed by atoms with Crippen LogP contribution in [0.1, 0.15) is 5.56 Å². The minimum atomic E-state index is -0.701. The molecule has 0 aliphatic rings. The van der Waals surface area contributed by atoms with Crippen LogP contribution < -0.4 is 10.1 Å². The Balaban J connectivity index is 2.32. The highest BCUT2D eigenvalue weighted by Crippen LogP contribution is 2.27. The largest absolute Gasteiger partial charge is 0.495 e. The van der Waals surface area contributed by atoms with Gasteiger partial charge in [0.2, 0.25) is 0 Å². The highest BCUT2D eigenvalue weighted by molar-refractivity contribution is 5.99. The number of methoxy groups -OCH3 is 3. The van der Waals surface area contributed by atoms with E-state index in [2.05, 4.69) is 19.8 Å². The normalized spacial score (nSPS) is 10.9. The molecule has 0 fully saturated rings. The zero-order chi connectivity index (χ0) is 18.2. The number of rotatable bonds is 7. The van der Waals surface area contributed by atoms with E-state index in [0.717, 1.165) is 11.6 Å². The number of nitrogens with zero attached hydrogens (tertiary/aromatic N) is 2. The fraction of sp³-hybridized carbons (Fsp3) is 0.235. The topological polar surface area (TPSA) is 91.7 Å². The Morgan fingerprint density at radius 1 is 1.24 bits per heavy atom. The van der Waals surface area contributed by atoms with E-state index in [9.17, 15) is 9.59 Å². The van der Waals surface area contributed by atoms with Crippen LogP contribution in [0.2, 0.25) is 0 Å². The average Bonchev–Trinajstić information content (AvgIpc) is 3.13. The fourth-order valence-electron chi connectivity index (χ4n) is 2.12. The van der Waals surface area contributed by atoms with Crippen molar-refractivity contribution in [2.45, 2.75) is 6.54 Å². The molecule has 0 saturated heterocycles. The quantitative estimate of drug-likeness (QED) is 0.602. The first-order valence-electron chi connectivity index (χ1n) is 7.35. The summed E-state index contributed by atoms with van der Waals surface area (Å²) in [6, 6.07) is 5.47. The van der Waals surface area contributed by atoms with Gasteiger partial charge in [-0.1, -0.05) is 6.07 Å². The third-order valence-corrected chi connectivity index (χ3v) is 3.33. The zero-order valence-corrected chi connectivity index (χ0v) is 14.2. The molecule has 0 spiro atoms. The van der Waals surface area contributed by atoms with Crippen LogP contribution in [0.15, 0.2) is 48.7 Å². The number of imidazole rings is 1. The number of hydrogen-bond acceptors (Lipinski definition) is 7. The van der Waals surface area contributed by atoms with Crippen LogP contribution in [0, 0.1) is 0 Å². The number of carbonyl (C=O) groups excluding carboxylic acids is 2. The van der Waals surface area contributed by atoms with Gasteiger partial charge in [0.1, 0.15) is 11.4 Å². The van der Waals surface area contributed by atoms with Gasteiger partial charge in [-0.3, -0.25) is 0 Å². The molecule has 0 aliphatic heterocycles. The van der Waals surface area contributed by atoms with E-state index in [1.54, 1.807) is 18.6 Å². The Hall–Kier alpha value is -3.29. The van der Waals surface area contributed by atoms with Gasteiger partial charge in [-0.15, -0.1) is 0 Å². The van der Waals surface area contributed by atoms with Crippen LogP contribution in [0.4, 0.5) is 5.69 Å². The van der Waals surface area contributed by atoms with Crippen LogP contribution in [0.25, 0.3) is 0 Å². The van der Waals surface area contributed by atoms with E-state index in [4.69, 9.17) is 4.74 Å². The maximum atomic E-state index is 11.9. The molecule has 0 radical (unpaired) electrons. The minimum absolute atomic E-state index is 0.0626. The minimum Gasteiger partial charge on any atom is -0.495 e. The number of ether oxygens (including phenoxy) is 3. The summed E-state index contributed by atoms with van der Waals surface area (Å²) >= 11 is 0. The molecule has 0 saturated carbocycles. The van der Waals surface area contributed by atoms with E-state index in [1.807, 2.05) is 22.9 Å². The van der Waals surface area contributed by atoms with Gasteiger partial charge in [-0.2, -0.15) is 0 Å². The second-order valence-corrected chi connectivity index (χ2v) is 4.97. The molecule has 8 nitrogen and oxygen atoms in total. The molecule has 132 valence electrons. The van der Waals surface area contributed by atoms with Crippen molar-refractivity contribution in [3.05, 3.63) is 54.3 Å². The highest BCUT2D eigenvalue weighted by Gasteiger charge is 2.15. The number of anilines is 1. The average molecular weight is 345 g/mol. The maximum Gasteiger partial charge on any atom is 0.354 e. The van der Waals surface area contributed by atoms with E-state index in [1.165, 1.54) is 21.3 Å². The number of nitrogens with one attached hydrogen (secondary N) is 1. The van der Waals surface area contributed by atoms with Crippen molar-refractivity contribution in [3.8, 4) is 5.75 Å². The second kappa shape index (κ2) is 8.53. The monoisotopic (exact) mass is 345 g/mol. The number of hydrogen-bond donors (Lipinski definition) is 1. The SMILES string of the molecule is COC(=O)/C=C(/Nc1cc(Cn2ccnc2)ccc1OC)C(=O)OC. The summed E-state index contributed by atoms with van der Waals surface area (Å²) in [5, 5.41) is 2.87. The lowest BCUT2D eigenvalue weighted by Crippen LogP contribution is -2.16. The Bertz CT molecular complexity index is 769. The molecule has 2 aromatic rings. The first kappa shape index (κ1) is 18.1. The second-order valence-electron chi connectivity index (χ2n) is 4.97. The summed E-state index contributed by atoms with van der Waals surface area (Å²) in [7, 11) is 3.96. The molecule has 0 amide bonds. The Labute approximate surface area is 145 Å². The van der Waals surface area contributed by atoms with Crippen molar-refractivity contribution in [1.29, 1.82) is 0 Å². The fourth-order valence-corrected chi connectivity index (χ4v) is 2.12. The van der Waals surface area contributed by atoms with Crippen molar-refractivity contribution >= 4 is 17.6 Å². The lowest BCUT2D eigenvalue weighted by molar-refractivity contribution is -0.138. The molecule has 25 heavy (non-hydrogen) atoms. The Morgan fingerprint density at radius 3 is 2.64 bits per heavy atom. The molecule has 0 bridgehead atoms. The van der Waals surface area contributed by atoms with Crippen LogP contribution in [-0.4, -0.2) is 42.8 Å². The zero-order valence-electron chi connectivity index (χ0n) is 14.2. The first-order chi connectivity index (χ1) is 12.1. The summed E-state index contributed by atoms with van der Waals surface area (Å²) < 4.78 is 16.5. The molecule has 1 N–H and O–H groups in total. The number of benzene rings is 1. The molecular weight excluding hydrogens is 326 g/mol. The molecule has 1 aromatic heterocycles. The standard InChI is InChI=1S/C17H19N3O5/c1-23-15-5-4-12(10-20-7-6-18-11-20)8-13(15)19-14(17(22)25-3)9-16(21)24-2/h4-9,11,19H,10H2,1-3H3/b14-9+. The lowest BCUT2D eigenvalue weighted by Gasteiger charge is -2.14. The van der Waals surface area contributed by atoms with Gasteiger partial charge in [-0.25, -0.2) is 14.6 Å². The summed E-state index contributed by atoms with van der Waals surface area (Å²) in [4.78, 5) is 27.4. The van der Waals surface area contributed by atoms with Gasteiger partial charge in [0.15, 0.2) is 0 Å². The number of carbonyl (C=O) groups is 2. The van der Waals surface area contributed by atoms with Crippen molar-refractivity contribution in [1.82, 2.24) is 9.55 Å². The van der Waals surface area contributed by atoms with Crippen LogP contribution in [-0.2, 0) is 25.6 Å². The summed E-state index contributed by atoms with van der Waals surface area (Å²) in [5.74, 6) is -0.872. The maximum absolute atomic E-state index is 11.9. The van der Waals surface area contributed by atoms with Crippen LogP contribution >= 0.6 is 0 Å². The highest BCUT2D eigenvalue weighted by atomic mass is 16.5. The first-order valence-corrected chi connectivity index (χ1v) is 7.35. The van der Waals surface area contributed by atoms with Gasteiger partial charge in [0.25, 0.3) is 0 Å². The summed E-state index contributed by atoms with van der Waals surface area (Å²) in [6.07, 6.45) is 6.26. The van der Waals surface area contributed by atoms with Gasteiger partial charge >= 0.3 is 11.9 Å². The predicted molar refractivity (Wildman–Crippen MR) is 90.1 cm³/mol. The van der Waals surface area contributed by atoms with Crippen molar-refractivity contribution < 1.29 is 23.8 Å². The summed E-state index contributed by atoms with van der Waals surface area (Å²) in [5.41, 5.74) is 1.40. The third kappa shape index (κ3) is 4.84. The van der Waals surface area contributed by atoms with E-state index in [-0.39, 0.29) is 5.70 Å². The molecule has 0 unspecified atom stereocenters. The molecule has 0 atom stereocenters. The van der Waals surface area contributed by atoms with Crippen LogP contribution in [0.3, 0.4) is 0 Å². The van der Waals surface area contributed by atoms with Crippen molar-refractivity contribution in [3.63, 3.8) is 0 Å². The number of aromatic nitrogens is 2. The number of esters is 2. The van der Waals surface area contributed by atoms with E-state index in [0.29, 0.717) is 18.0 Å². The third-order valence-electron chi connectivity index (χ3n) is 3.33. The van der Waals surface area contributed by atoms with Gasteiger partial charge < -0.3 is 24.1 Å². The van der Waals surface area contributed by atoms with Gasteiger partial charge in [0, 0.05) is 18.9 Å².